The molecule has 0 aromatic carbocycles. The van der Waals surface area contributed by atoms with Gasteiger partial charge in [0.1, 0.15) is 0 Å². The number of carbonyl (C=O) groups excluding carboxylic acids is 2. The summed E-state index contributed by atoms with van der Waals surface area (Å²) in [6.07, 6.45) is 8.28. The minimum Gasteiger partial charge on any atom is -0.272 e. The van der Waals surface area contributed by atoms with Crippen LogP contribution in [0.5, 0.6) is 0 Å². The van der Waals surface area contributed by atoms with E-state index in [1.807, 2.05) is 12.2 Å². The van der Waals surface area contributed by atoms with E-state index >= 15 is 0 Å². The van der Waals surface area contributed by atoms with E-state index in [9.17, 15) is 9.59 Å². The van der Waals surface area contributed by atoms with Gasteiger partial charge >= 0.3 is 0 Å². The number of nitrogens with zero attached hydrogens (tertiary/aromatic N) is 1. The molecule has 3 heteroatoms. The summed E-state index contributed by atoms with van der Waals surface area (Å²) in [5, 5.41) is 0. The molecule has 0 bridgehead atoms. The highest BCUT2D eigenvalue weighted by Crippen LogP contribution is 2.20. The van der Waals surface area contributed by atoms with E-state index in [4.69, 9.17) is 0 Å². The maximum atomic E-state index is 11.2. The van der Waals surface area contributed by atoms with E-state index in [-0.39, 0.29) is 17.9 Å². The Labute approximate surface area is 70.4 Å². The van der Waals surface area contributed by atoms with Crippen LogP contribution in [0.3, 0.4) is 0 Å². The molecule has 62 valence electrons. The molecule has 1 aliphatic carbocycles. The molecule has 3 nitrogen and oxygen atoms in total. The Kier molecular flexibility index (Phi) is 1.57. The Bertz CT molecular complexity index is 265. The van der Waals surface area contributed by atoms with Crippen LogP contribution < -0.4 is 0 Å². The van der Waals surface area contributed by atoms with Crippen LogP contribution in [0.15, 0.2) is 24.3 Å². The predicted octanol–water partition coefficient (Wildman–Crippen LogP) is 0.630. The number of imide groups is 1. The van der Waals surface area contributed by atoms with Crippen molar-refractivity contribution in [1.82, 2.24) is 4.90 Å². The van der Waals surface area contributed by atoms with Crippen LogP contribution in [0, 0.1) is 0 Å². The molecule has 12 heavy (non-hydrogen) atoms. The number of hydrogen-bond acceptors (Lipinski definition) is 2. The molecule has 0 unspecified atom stereocenters. The first-order valence-corrected chi connectivity index (χ1v) is 3.99. The van der Waals surface area contributed by atoms with Gasteiger partial charge in [-0.2, -0.15) is 0 Å². The van der Waals surface area contributed by atoms with Crippen LogP contribution in [0.1, 0.15) is 12.8 Å². The first kappa shape index (κ1) is 7.28. The second kappa shape index (κ2) is 2.59. The van der Waals surface area contributed by atoms with Gasteiger partial charge in [-0.1, -0.05) is 12.2 Å². The van der Waals surface area contributed by atoms with Crippen LogP contribution in [-0.2, 0) is 9.59 Å². The van der Waals surface area contributed by atoms with Crippen molar-refractivity contribution in [2.75, 3.05) is 0 Å². The molecule has 1 heterocycles. The normalized spacial score (nSPS) is 23.2. The van der Waals surface area contributed by atoms with Gasteiger partial charge in [0.05, 0.1) is 0 Å². The number of rotatable bonds is 1. The fraction of sp³-hybridized carbons (Fsp3) is 0.333. The van der Waals surface area contributed by atoms with Crippen molar-refractivity contribution in [2.45, 2.75) is 18.9 Å². The summed E-state index contributed by atoms with van der Waals surface area (Å²) in [4.78, 5) is 23.7. The summed E-state index contributed by atoms with van der Waals surface area (Å²) in [5.41, 5.74) is 0. The monoisotopic (exact) mass is 163 g/mol. The van der Waals surface area contributed by atoms with Gasteiger partial charge in [0.2, 0.25) is 0 Å². The highest BCUT2D eigenvalue weighted by Gasteiger charge is 2.30. The van der Waals surface area contributed by atoms with Gasteiger partial charge in [-0.25, -0.2) is 0 Å². The van der Waals surface area contributed by atoms with E-state index in [2.05, 4.69) is 0 Å². The molecule has 0 saturated carbocycles. The predicted molar refractivity (Wildman–Crippen MR) is 43.2 cm³/mol. The third kappa shape index (κ3) is 0.978. The molecule has 1 aliphatic heterocycles. The molecule has 0 atom stereocenters. The molecular weight excluding hydrogens is 154 g/mol. The number of hydrogen-bond donors (Lipinski definition) is 0. The van der Waals surface area contributed by atoms with Crippen molar-refractivity contribution in [3.8, 4) is 0 Å². The average molecular weight is 163 g/mol. The van der Waals surface area contributed by atoms with E-state index in [1.165, 1.54) is 17.1 Å². The Morgan fingerprint density at radius 1 is 1.08 bits per heavy atom. The van der Waals surface area contributed by atoms with E-state index in [0.717, 1.165) is 12.8 Å². The summed E-state index contributed by atoms with van der Waals surface area (Å²) in [6, 6.07) is 0.0694. The number of carbonyl (C=O) groups is 2. The molecule has 0 aromatic heterocycles. The SMILES string of the molecule is O=C1C=CC(=O)N1C1CC=CC1. The molecule has 0 aromatic rings. The molecule has 0 radical (unpaired) electrons. The summed E-state index contributed by atoms with van der Waals surface area (Å²) >= 11 is 0. The van der Waals surface area contributed by atoms with Crippen LogP contribution in [0.4, 0.5) is 0 Å². The second-order valence-corrected chi connectivity index (χ2v) is 2.98. The molecule has 2 rings (SSSR count). The van der Waals surface area contributed by atoms with Gasteiger partial charge in [0.15, 0.2) is 0 Å². The smallest absolute Gasteiger partial charge is 0.253 e. The third-order valence-corrected chi connectivity index (χ3v) is 2.19. The van der Waals surface area contributed by atoms with Gasteiger partial charge in [-0.3, -0.25) is 14.5 Å². The molecule has 2 aliphatic rings. The quantitative estimate of drug-likeness (QED) is 0.420. The van der Waals surface area contributed by atoms with E-state index in [1.54, 1.807) is 0 Å². The maximum absolute atomic E-state index is 11.2. The summed E-state index contributed by atoms with van der Waals surface area (Å²) in [5.74, 6) is -0.345. The third-order valence-electron chi connectivity index (χ3n) is 2.19. The van der Waals surface area contributed by atoms with Crippen LogP contribution in [0.25, 0.3) is 0 Å². The zero-order valence-corrected chi connectivity index (χ0v) is 6.56. The lowest BCUT2D eigenvalue weighted by Crippen LogP contribution is -2.38. The topological polar surface area (TPSA) is 37.4 Å². The highest BCUT2D eigenvalue weighted by molar-refractivity contribution is 6.13. The van der Waals surface area contributed by atoms with Crippen molar-refractivity contribution in [3.05, 3.63) is 24.3 Å². The molecule has 2 amide bonds. The summed E-state index contributed by atoms with van der Waals surface area (Å²) in [6.45, 7) is 0. The maximum Gasteiger partial charge on any atom is 0.253 e. The highest BCUT2D eigenvalue weighted by atomic mass is 16.2. The van der Waals surface area contributed by atoms with Crippen molar-refractivity contribution >= 4 is 11.8 Å². The van der Waals surface area contributed by atoms with E-state index in [0.29, 0.717) is 0 Å². The van der Waals surface area contributed by atoms with Gasteiger partial charge < -0.3 is 0 Å². The number of amides is 2. The molecule has 0 fully saturated rings. The van der Waals surface area contributed by atoms with Gasteiger partial charge in [0.25, 0.3) is 11.8 Å². The Hall–Kier alpha value is -1.38. The Morgan fingerprint density at radius 3 is 2.08 bits per heavy atom. The summed E-state index contributed by atoms with van der Waals surface area (Å²) in [7, 11) is 0. The zero-order chi connectivity index (χ0) is 8.55. The Morgan fingerprint density at radius 2 is 1.58 bits per heavy atom. The second-order valence-electron chi connectivity index (χ2n) is 2.98. The molecular formula is C9H9NO2. The Balaban J connectivity index is 2.13. The van der Waals surface area contributed by atoms with Crippen molar-refractivity contribution in [2.24, 2.45) is 0 Å². The van der Waals surface area contributed by atoms with Gasteiger partial charge in [-0.15, -0.1) is 0 Å². The largest absolute Gasteiger partial charge is 0.272 e. The van der Waals surface area contributed by atoms with E-state index < -0.39 is 0 Å². The lowest BCUT2D eigenvalue weighted by molar-refractivity contribution is -0.139. The standard InChI is InChI=1S/C9H9NO2/c11-8-5-6-9(12)10(8)7-3-1-2-4-7/h1-2,5-7H,3-4H2. The van der Waals surface area contributed by atoms with Crippen LogP contribution in [0.2, 0.25) is 0 Å². The van der Waals surface area contributed by atoms with Crippen LogP contribution in [-0.4, -0.2) is 22.8 Å². The first-order valence-electron chi connectivity index (χ1n) is 3.99. The minimum atomic E-state index is -0.172. The van der Waals surface area contributed by atoms with Crippen molar-refractivity contribution < 1.29 is 9.59 Å². The average Bonchev–Trinajstić information content (AvgIpc) is 2.61. The van der Waals surface area contributed by atoms with Gasteiger partial charge in [-0.05, 0) is 12.8 Å². The molecule has 0 spiro atoms. The van der Waals surface area contributed by atoms with Gasteiger partial charge in [0, 0.05) is 18.2 Å². The minimum absolute atomic E-state index is 0.0694. The van der Waals surface area contributed by atoms with Crippen molar-refractivity contribution in [3.63, 3.8) is 0 Å². The zero-order valence-electron chi connectivity index (χ0n) is 6.56. The first-order chi connectivity index (χ1) is 5.79. The van der Waals surface area contributed by atoms with Crippen molar-refractivity contribution in [1.29, 1.82) is 0 Å². The lowest BCUT2D eigenvalue weighted by atomic mass is 10.2. The molecule has 0 saturated heterocycles. The molecule has 0 N–H and O–H groups in total. The summed E-state index contributed by atoms with van der Waals surface area (Å²) < 4.78 is 0. The fourth-order valence-corrected chi connectivity index (χ4v) is 1.59. The fourth-order valence-electron chi connectivity index (χ4n) is 1.59. The lowest BCUT2D eigenvalue weighted by Gasteiger charge is -2.20. The van der Waals surface area contributed by atoms with Crippen LogP contribution >= 0.6 is 0 Å².